The number of carbonyl (C=O) groups excluding carboxylic acids is 1. The summed E-state index contributed by atoms with van der Waals surface area (Å²) in [5, 5.41) is 5.14. The highest BCUT2D eigenvalue weighted by molar-refractivity contribution is 7.90. The number of anilines is 2. The van der Waals surface area contributed by atoms with Crippen LogP contribution in [0.1, 0.15) is 17.4 Å². The molecule has 1 aromatic heterocycles. The van der Waals surface area contributed by atoms with E-state index in [4.69, 9.17) is 4.74 Å². The molecule has 2 aromatic rings. The Labute approximate surface area is 126 Å². The lowest BCUT2D eigenvalue weighted by Crippen LogP contribution is -2.05. The van der Waals surface area contributed by atoms with Gasteiger partial charge in [-0.1, -0.05) is 0 Å². The number of hydrogen-bond donors (Lipinski definition) is 1. The summed E-state index contributed by atoms with van der Waals surface area (Å²) in [5.41, 5.74) is 0.935. The lowest BCUT2D eigenvalue weighted by atomic mass is 10.3. The SMILES string of the molecule is CCOC(=O)c1csc(Nc2ccc(S(C)(=O)=O)cc2)n1. The van der Waals surface area contributed by atoms with Crippen molar-refractivity contribution in [2.45, 2.75) is 11.8 Å². The first kappa shape index (κ1) is 15.5. The number of nitrogens with zero attached hydrogens (tertiary/aromatic N) is 1. The van der Waals surface area contributed by atoms with E-state index in [2.05, 4.69) is 10.3 Å². The minimum absolute atomic E-state index is 0.247. The van der Waals surface area contributed by atoms with Gasteiger partial charge in [-0.25, -0.2) is 18.2 Å². The molecular formula is C13H14N2O4S2. The standard InChI is InChI=1S/C13H14N2O4S2/c1-3-19-12(16)11-8-20-13(15-11)14-9-4-6-10(7-5-9)21(2,17)18/h4-8H,3H2,1-2H3,(H,14,15). The van der Waals surface area contributed by atoms with Crippen LogP contribution in [0.5, 0.6) is 0 Å². The molecule has 0 spiro atoms. The Hall–Kier alpha value is -1.93. The Morgan fingerprint density at radius 1 is 1.33 bits per heavy atom. The molecule has 6 nitrogen and oxygen atoms in total. The highest BCUT2D eigenvalue weighted by Gasteiger charge is 2.12. The monoisotopic (exact) mass is 326 g/mol. The van der Waals surface area contributed by atoms with Crippen molar-refractivity contribution in [1.29, 1.82) is 0 Å². The Balaban J connectivity index is 2.10. The average molecular weight is 326 g/mol. The van der Waals surface area contributed by atoms with Crippen LogP contribution in [0.15, 0.2) is 34.5 Å². The molecule has 0 saturated carbocycles. The molecule has 0 atom stereocenters. The van der Waals surface area contributed by atoms with Crippen LogP contribution in [-0.4, -0.2) is 32.2 Å². The summed E-state index contributed by atoms with van der Waals surface area (Å²) in [6.07, 6.45) is 1.15. The molecule has 0 unspecified atom stereocenters. The summed E-state index contributed by atoms with van der Waals surface area (Å²) in [6, 6.07) is 6.30. The summed E-state index contributed by atoms with van der Waals surface area (Å²) in [6.45, 7) is 2.03. The smallest absolute Gasteiger partial charge is 0.357 e. The number of aromatic nitrogens is 1. The van der Waals surface area contributed by atoms with Gasteiger partial charge in [0, 0.05) is 17.3 Å². The second-order valence-corrected chi connectivity index (χ2v) is 7.05. The van der Waals surface area contributed by atoms with E-state index in [-0.39, 0.29) is 10.6 Å². The van der Waals surface area contributed by atoms with Gasteiger partial charge in [0.25, 0.3) is 0 Å². The van der Waals surface area contributed by atoms with Crippen molar-refractivity contribution >= 4 is 38.0 Å². The number of rotatable bonds is 5. The van der Waals surface area contributed by atoms with Gasteiger partial charge >= 0.3 is 5.97 Å². The zero-order valence-corrected chi connectivity index (χ0v) is 13.1. The minimum Gasteiger partial charge on any atom is -0.461 e. The van der Waals surface area contributed by atoms with Crippen molar-refractivity contribution in [3.63, 3.8) is 0 Å². The van der Waals surface area contributed by atoms with E-state index in [9.17, 15) is 13.2 Å². The molecule has 1 N–H and O–H groups in total. The number of hydrogen-bond acceptors (Lipinski definition) is 7. The van der Waals surface area contributed by atoms with E-state index in [1.54, 1.807) is 24.4 Å². The number of thiazole rings is 1. The molecule has 0 amide bonds. The Bertz CT molecular complexity index is 736. The third-order valence-corrected chi connectivity index (χ3v) is 4.41. The fraction of sp³-hybridized carbons (Fsp3) is 0.231. The van der Waals surface area contributed by atoms with Crippen molar-refractivity contribution in [3.05, 3.63) is 35.3 Å². The van der Waals surface area contributed by atoms with Gasteiger partial charge < -0.3 is 10.1 Å². The first-order chi connectivity index (χ1) is 9.90. The van der Waals surface area contributed by atoms with Crippen molar-refractivity contribution in [3.8, 4) is 0 Å². The van der Waals surface area contributed by atoms with Gasteiger partial charge in [0.1, 0.15) is 0 Å². The first-order valence-electron chi connectivity index (χ1n) is 6.10. The molecule has 21 heavy (non-hydrogen) atoms. The molecule has 0 radical (unpaired) electrons. The topological polar surface area (TPSA) is 85.4 Å². The largest absolute Gasteiger partial charge is 0.461 e. The predicted octanol–water partition coefficient (Wildman–Crippen LogP) is 2.47. The highest BCUT2D eigenvalue weighted by atomic mass is 32.2. The lowest BCUT2D eigenvalue weighted by Gasteiger charge is -2.03. The molecule has 0 aliphatic carbocycles. The molecule has 0 aliphatic heterocycles. The normalized spacial score (nSPS) is 11.1. The summed E-state index contributed by atoms with van der Waals surface area (Å²) < 4.78 is 27.6. The molecule has 2 rings (SSSR count). The van der Waals surface area contributed by atoms with Crippen LogP contribution in [0.2, 0.25) is 0 Å². The zero-order valence-electron chi connectivity index (χ0n) is 11.5. The molecular weight excluding hydrogens is 312 g/mol. The van der Waals surface area contributed by atoms with Crippen LogP contribution in [0.3, 0.4) is 0 Å². The minimum atomic E-state index is -3.21. The van der Waals surface area contributed by atoms with Gasteiger partial charge in [-0.3, -0.25) is 0 Å². The Kier molecular flexibility index (Phi) is 4.59. The number of sulfone groups is 1. The highest BCUT2D eigenvalue weighted by Crippen LogP contribution is 2.22. The van der Waals surface area contributed by atoms with Gasteiger partial charge in [0.2, 0.25) is 0 Å². The quantitative estimate of drug-likeness (QED) is 0.850. The summed E-state index contributed by atoms with van der Waals surface area (Å²) in [5.74, 6) is -0.464. The number of carbonyl (C=O) groups is 1. The van der Waals surface area contributed by atoms with Crippen LogP contribution >= 0.6 is 11.3 Å². The second-order valence-electron chi connectivity index (χ2n) is 4.18. The maximum atomic E-state index is 11.5. The van der Waals surface area contributed by atoms with Crippen molar-refractivity contribution in [1.82, 2.24) is 4.98 Å². The third-order valence-electron chi connectivity index (χ3n) is 2.52. The fourth-order valence-corrected chi connectivity index (χ4v) is 2.87. The van der Waals surface area contributed by atoms with Crippen LogP contribution in [0.25, 0.3) is 0 Å². The zero-order chi connectivity index (χ0) is 15.5. The molecule has 112 valence electrons. The van der Waals surface area contributed by atoms with E-state index in [0.29, 0.717) is 17.4 Å². The summed E-state index contributed by atoms with van der Waals surface area (Å²) in [4.78, 5) is 15.9. The van der Waals surface area contributed by atoms with Crippen molar-refractivity contribution in [2.75, 3.05) is 18.2 Å². The number of nitrogens with one attached hydrogen (secondary N) is 1. The number of benzene rings is 1. The lowest BCUT2D eigenvalue weighted by molar-refractivity contribution is 0.0520. The number of ether oxygens (including phenoxy) is 1. The summed E-state index contributed by atoms with van der Waals surface area (Å²) >= 11 is 1.27. The van der Waals surface area contributed by atoms with Crippen LogP contribution in [-0.2, 0) is 14.6 Å². The van der Waals surface area contributed by atoms with Crippen LogP contribution in [0, 0.1) is 0 Å². The van der Waals surface area contributed by atoms with Crippen molar-refractivity contribution < 1.29 is 17.9 Å². The van der Waals surface area contributed by atoms with Gasteiger partial charge in [-0.2, -0.15) is 0 Å². The maximum absolute atomic E-state index is 11.5. The van der Waals surface area contributed by atoms with E-state index in [1.807, 2.05) is 0 Å². The van der Waals surface area contributed by atoms with Crippen LogP contribution < -0.4 is 5.32 Å². The van der Waals surface area contributed by atoms with E-state index in [1.165, 1.54) is 23.5 Å². The van der Waals surface area contributed by atoms with E-state index < -0.39 is 15.8 Å². The predicted molar refractivity (Wildman–Crippen MR) is 80.9 cm³/mol. The molecule has 0 bridgehead atoms. The van der Waals surface area contributed by atoms with Gasteiger partial charge in [-0.05, 0) is 31.2 Å². The van der Waals surface area contributed by atoms with Crippen LogP contribution in [0.4, 0.5) is 10.8 Å². The van der Waals surface area contributed by atoms with E-state index in [0.717, 1.165) is 6.26 Å². The molecule has 1 aromatic carbocycles. The van der Waals surface area contributed by atoms with E-state index >= 15 is 0 Å². The maximum Gasteiger partial charge on any atom is 0.357 e. The molecule has 0 aliphatic rings. The van der Waals surface area contributed by atoms with Crippen molar-refractivity contribution in [2.24, 2.45) is 0 Å². The average Bonchev–Trinajstić information content (AvgIpc) is 2.87. The summed E-state index contributed by atoms with van der Waals surface area (Å²) in [7, 11) is -3.21. The molecule has 0 saturated heterocycles. The second kappa shape index (κ2) is 6.23. The number of esters is 1. The molecule has 1 heterocycles. The Morgan fingerprint density at radius 2 is 2.00 bits per heavy atom. The first-order valence-corrected chi connectivity index (χ1v) is 8.87. The Morgan fingerprint density at radius 3 is 2.57 bits per heavy atom. The van der Waals surface area contributed by atoms with Gasteiger partial charge in [-0.15, -0.1) is 11.3 Å². The molecule has 0 fully saturated rings. The van der Waals surface area contributed by atoms with Gasteiger partial charge in [0.15, 0.2) is 20.7 Å². The molecule has 8 heteroatoms. The third kappa shape index (κ3) is 4.02. The van der Waals surface area contributed by atoms with Gasteiger partial charge in [0.05, 0.1) is 11.5 Å². The fourth-order valence-electron chi connectivity index (χ4n) is 1.54.